The number of benzene rings is 2. The van der Waals surface area contributed by atoms with Crippen LogP contribution in [0.1, 0.15) is 61.0 Å². The largest absolute Gasteiger partial charge is 0.454 e. The third-order valence-electron chi connectivity index (χ3n) is 5.02. The topological polar surface area (TPSA) is 74.5 Å². The Bertz CT molecular complexity index is 1070. The van der Waals surface area contributed by atoms with Crippen LogP contribution in [0.15, 0.2) is 46.0 Å². The molecule has 0 radical (unpaired) electrons. The highest BCUT2D eigenvalue weighted by molar-refractivity contribution is 7.99. The minimum atomic E-state index is 0.0573. The summed E-state index contributed by atoms with van der Waals surface area (Å²) in [4.78, 5) is 12.9. The van der Waals surface area contributed by atoms with E-state index in [9.17, 15) is 4.79 Å². The summed E-state index contributed by atoms with van der Waals surface area (Å²) in [6.07, 6.45) is 0. The van der Waals surface area contributed by atoms with Gasteiger partial charge in [-0.3, -0.25) is 4.79 Å². The summed E-state index contributed by atoms with van der Waals surface area (Å²) in [7, 11) is 0. The van der Waals surface area contributed by atoms with Crippen LogP contribution in [0.25, 0.3) is 11.5 Å². The van der Waals surface area contributed by atoms with E-state index >= 15 is 0 Å². The number of Topliss-reactive ketones (excluding diaryl/α,β-unsaturated/α-hetero) is 1. The lowest BCUT2D eigenvalue weighted by atomic mass is 9.90. The molecule has 0 saturated carbocycles. The number of nitrogens with zero attached hydrogens (tertiary/aromatic N) is 2. The lowest BCUT2D eigenvalue weighted by Crippen LogP contribution is -2.08. The van der Waals surface area contributed by atoms with Crippen LogP contribution < -0.4 is 9.47 Å². The highest BCUT2D eigenvalue weighted by Gasteiger charge is 2.19. The van der Waals surface area contributed by atoms with Crippen molar-refractivity contribution in [1.29, 1.82) is 0 Å². The monoisotopic (exact) mass is 424 g/mol. The second kappa shape index (κ2) is 8.52. The normalized spacial score (nSPS) is 12.7. The van der Waals surface area contributed by atoms with Crippen molar-refractivity contribution in [2.24, 2.45) is 0 Å². The maximum absolute atomic E-state index is 12.9. The van der Waals surface area contributed by atoms with E-state index in [1.54, 1.807) is 6.07 Å². The van der Waals surface area contributed by atoms with Crippen molar-refractivity contribution in [1.82, 2.24) is 10.2 Å². The van der Waals surface area contributed by atoms with Gasteiger partial charge >= 0.3 is 0 Å². The Hall–Kier alpha value is -2.80. The molecule has 6 nitrogen and oxygen atoms in total. The van der Waals surface area contributed by atoms with Gasteiger partial charge in [-0.25, -0.2) is 0 Å². The molecule has 0 amide bonds. The van der Waals surface area contributed by atoms with Crippen molar-refractivity contribution in [3.05, 3.63) is 53.1 Å². The zero-order chi connectivity index (χ0) is 21.3. The van der Waals surface area contributed by atoms with Crippen molar-refractivity contribution >= 4 is 17.5 Å². The fourth-order valence-corrected chi connectivity index (χ4v) is 3.94. The van der Waals surface area contributed by atoms with E-state index in [1.807, 2.05) is 24.3 Å². The first kappa shape index (κ1) is 20.5. The Morgan fingerprint density at radius 1 is 1.00 bits per heavy atom. The molecule has 2 heterocycles. The van der Waals surface area contributed by atoms with Crippen molar-refractivity contribution in [2.45, 2.75) is 44.8 Å². The number of thioether (sulfide) groups is 1. The van der Waals surface area contributed by atoms with E-state index in [4.69, 9.17) is 13.9 Å². The van der Waals surface area contributed by atoms with E-state index in [1.165, 1.54) is 17.3 Å². The first-order valence-electron chi connectivity index (χ1n) is 9.95. The highest BCUT2D eigenvalue weighted by atomic mass is 32.2. The van der Waals surface area contributed by atoms with E-state index < -0.39 is 0 Å². The van der Waals surface area contributed by atoms with Crippen LogP contribution in [0.2, 0.25) is 0 Å². The second-order valence-electron chi connectivity index (χ2n) is 7.81. The number of hydrogen-bond acceptors (Lipinski definition) is 7. The maximum Gasteiger partial charge on any atom is 0.277 e. The van der Waals surface area contributed by atoms with Crippen LogP contribution >= 0.6 is 11.8 Å². The van der Waals surface area contributed by atoms with Gasteiger partial charge in [-0.1, -0.05) is 57.7 Å². The number of fused-ring (bicyclic) bond motifs is 1. The lowest BCUT2D eigenvalue weighted by molar-refractivity contribution is 0.102. The van der Waals surface area contributed by atoms with Gasteiger partial charge in [-0.05, 0) is 41.2 Å². The fourth-order valence-electron chi connectivity index (χ4n) is 3.29. The predicted octanol–water partition coefficient (Wildman–Crippen LogP) is 5.69. The van der Waals surface area contributed by atoms with Crippen LogP contribution in [-0.2, 0) is 0 Å². The molecule has 30 heavy (non-hydrogen) atoms. The van der Waals surface area contributed by atoms with Gasteiger partial charge in [0, 0.05) is 11.1 Å². The lowest BCUT2D eigenvalue weighted by Gasteiger charge is -2.15. The SMILES string of the molecule is CC(C)c1ccc(C(=O)CSc2nnc(-c3ccc4c(c3)OCO4)o2)c(C(C)C)c1. The van der Waals surface area contributed by atoms with Crippen LogP contribution in [0.5, 0.6) is 11.5 Å². The van der Waals surface area contributed by atoms with Gasteiger partial charge in [0.15, 0.2) is 17.3 Å². The summed E-state index contributed by atoms with van der Waals surface area (Å²) in [5.74, 6) is 2.73. The van der Waals surface area contributed by atoms with Gasteiger partial charge in [0.1, 0.15) is 0 Å². The third kappa shape index (κ3) is 4.21. The molecule has 7 heteroatoms. The molecule has 1 aliphatic rings. The molecule has 0 atom stereocenters. The summed E-state index contributed by atoms with van der Waals surface area (Å²) in [6.45, 7) is 8.74. The Balaban J connectivity index is 1.46. The van der Waals surface area contributed by atoms with Crippen LogP contribution in [0, 0.1) is 0 Å². The summed E-state index contributed by atoms with van der Waals surface area (Å²) in [5, 5.41) is 8.52. The summed E-state index contributed by atoms with van der Waals surface area (Å²) >= 11 is 1.25. The predicted molar refractivity (Wildman–Crippen MR) is 116 cm³/mol. The highest BCUT2D eigenvalue weighted by Crippen LogP contribution is 2.36. The number of carbonyl (C=O) groups excluding carboxylic acids is 1. The molecule has 0 unspecified atom stereocenters. The zero-order valence-corrected chi connectivity index (χ0v) is 18.3. The summed E-state index contributed by atoms with van der Waals surface area (Å²) in [5.41, 5.74) is 3.83. The van der Waals surface area contributed by atoms with Gasteiger partial charge < -0.3 is 13.9 Å². The quantitative estimate of drug-likeness (QED) is 0.356. The fraction of sp³-hybridized carbons (Fsp3) is 0.348. The minimum absolute atomic E-state index is 0.0573. The molecular formula is C23H24N2O4S. The average molecular weight is 425 g/mol. The standard InChI is InChI=1S/C23H24N2O4S/c1-13(2)15-5-7-17(18(9-15)14(3)4)19(26)11-30-23-25-24-22(29-23)16-6-8-20-21(10-16)28-12-27-20/h5-10,13-14H,11-12H2,1-4H3. The molecule has 2 aromatic carbocycles. The van der Waals surface area contributed by atoms with E-state index in [-0.39, 0.29) is 24.2 Å². The molecular weight excluding hydrogens is 400 g/mol. The number of rotatable bonds is 7. The van der Waals surface area contributed by atoms with Gasteiger partial charge in [0.25, 0.3) is 5.22 Å². The van der Waals surface area contributed by atoms with Crippen molar-refractivity contribution in [3.8, 4) is 23.0 Å². The molecule has 0 spiro atoms. The summed E-state index contributed by atoms with van der Waals surface area (Å²) in [6, 6.07) is 11.6. The minimum Gasteiger partial charge on any atom is -0.454 e. The molecule has 0 bridgehead atoms. The first-order chi connectivity index (χ1) is 14.4. The molecule has 0 fully saturated rings. The first-order valence-corrected chi connectivity index (χ1v) is 10.9. The summed E-state index contributed by atoms with van der Waals surface area (Å²) < 4.78 is 16.4. The number of carbonyl (C=O) groups is 1. The smallest absolute Gasteiger partial charge is 0.277 e. The Morgan fingerprint density at radius 2 is 1.80 bits per heavy atom. The number of ether oxygens (including phenoxy) is 2. The molecule has 3 aromatic rings. The van der Waals surface area contributed by atoms with Crippen LogP contribution in [-0.4, -0.2) is 28.5 Å². The van der Waals surface area contributed by atoms with E-state index in [0.717, 1.165) is 16.7 Å². The molecule has 0 N–H and O–H groups in total. The number of aromatic nitrogens is 2. The molecule has 0 saturated heterocycles. The molecule has 4 rings (SSSR count). The zero-order valence-electron chi connectivity index (χ0n) is 17.5. The number of hydrogen-bond donors (Lipinski definition) is 0. The van der Waals surface area contributed by atoms with E-state index in [0.29, 0.717) is 28.5 Å². The van der Waals surface area contributed by atoms with Gasteiger partial charge in [0.2, 0.25) is 12.7 Å². The Kier molecular flexibility index (Phi) is 5.81. The van der Waals surface area contributed by atoms with E-state index in [2.05, 4.69) is 44.0 Å². The van der Waals surface area contributed by atoms with Crippen molar-refractivity contribution in [2.75, 3.05) is 12.5 Å². The van der Waals surface area contributed by atoms with Crippen molar-refractivity contribution in [3.63, 3.8) is 0 Å². The second-order valence-corrected chi connectivity index (χ2v) is 8.74. The molecule has 0 aliphatic carbocycles. The van der Waals surface area contributed by atoms with Crippen LogP contribution in [0.3, 0.4) is 0 Å². The maximum atomic E-state index is 12.9. The van der Waals surface area contributed by atoms with Gasteiger partial charge in [-0.2, -0.15) is 0 Å². The third-order valence-corrected chi connectivity index (χ3v) is 5.84. The number of ketones is 1. The van der Waals surface area contributed by atoms with Crippen LogP contribution in [0.4, 0.5) is 0 Å². The molecule has 1 aliphatic heterocycles. The Labute approximate surface area is 180 Å². The average Bonchev–Trinajstić information content (AvgIpc) is 3.40. The van der Waals surface area contributed by atoms with Gasteiger partial charge in [-0.15, -0.1) is 10.2 Å². The molecule has 1 aromatic heterocycles. The Morgan fingerprint density at radius 3 is 2.57 bits per heavy atom. The van der Waals surface area contributed by atoms with Gasteiger partial charge in [0.05, 0.1) is 5.75 Å². The van der Waals surface area contributed by atoms with Crippen molar-refractivity contribution < 1.29 is 18.7 Å². The molecule has 156 valence electrons.